The van der Waals surface area contributed by atoms with Crippen LogP contribution in [0.3, 0.4) is 0 Å². The molecule has 2 nitrogen and oxygen atoms in total. The van der Waals surface area contributed by atoms with Gasteiger partial charge in [-0.05, 0) is 25.1 Å². The third-order valence-electron chi connectivity index (χ3n) is 2.13. The monoisotopic (exact) mass is 341 g/mol. The van der Waals surface area contributed by atoms with Crippen molar-refractivity contribution in [3.63, 3.8) is 0 Å². The Morgan fingerprint density at radius 2 is 2.00 bits per heavy atom. The van der Waals surface area contributed by atoms with Crippen LogP contribution >= 0.6 is 39.1 Å². The number of benzene rings is 1. The molecule has 1 amide bonds. The third-order valence-corrected chi connectivity index (χ3v) is 3.77. The smallest absolute Gasteiger partial charge is 0.251 e. The Morgan fingerprint density at radius 3 is 2.47 bits per heavy atom. The zero-order valence-corrected chi connectivity index (χ0v) is 12.2. The second-order valence-corrected chi connectivity index (χ2v) is 5.39. The van der Waals surface area contributed by atoms with Gasteiger partial charge in [0.2, 0.25) is 0 Å². The van der Waals surface area contributed by atoms with Gasteiger partial charge in [-0.3, -0.25) is 4.79 Å². The van der Waals surface area contributed by atoms with E-state index in [9.17, 15) is 9.18 Å². The zero-order valence-electron chi connectivity index (χ0n) is 9.07. The minimum absolute atomic E-state index is 0.179. The molecule has 0 aliphatic carbocycles. The largest absolute Gasteiger partial charge is 0.344 e. The molecule has 1 rings (SSSR count). The first kappa shape index (κ1) is 14.7. The highest BCUT2D eigenvalue weighted by molar-refractivity contribution is 9.10. The van der Waals surface area contributed by atoms with Crippen LogP contribution < -0.4 is 5.32 Å². The predicted molar refractivity (Wildman–Crippen MR) is 71.4 cm³/mol. The molecule has 0 saturated heterocycles. The summed E-state index contributed by atoms with van der Waals surface area (Å²) in [6.45, 7) is 1.72. The normalized spacial score (nSPS) is 11.4. The summed E-state index contributed by atoms with van der Waals surface area (Å²) in [6.07, 6.45) is 0. The fraction of sp³-hybridized carbons (Fsp3) is 0.364. The van der Waals surface area contributed by atoms with E-state index < -0.39 is 17.3 Å². The van der Waals surface area contributed by atoms with Crippen LogP contribution in [0.1, 0.15) is 17.3 Å². The van der Waals surface area contributed by atoms with Crippen molar-refractivity contribution in [3.05, 3.63) is 34.1 Å². The van der Waals surface area contributed by atoms with Gasteiger partial charge in [-0.15, -0.1) is 23.2 Å². The van der Waals surface area contributed by atoms with Gasteiger partial charge < -0.3 is 5.32 Å². The fourth-order valence-corrected chi connectivity index (χ4v) is 2.02. The van der Waals surface area contributed by atoms with Gasteiger partial charge in [0.15, 0.2) is 0 Å². The molecule has 0 fully saturated rings. The highest BCUT2D eigenvalue weighted by Crippen LogP contribution is 2.16. The van der Waals surface area contributed by atoms with E-state index in [-0.39, 0.29) is 17.3 Å². The number of alkyl halides is 2. The molecule has 0 unspecified atom stereocenters. The molecular formula is C11H11BrCl2FNO. The molecule has 0 radical (unpaired) electrons. The summed E-state index contributed by atoms with van der Waals surface area (Å²) in [5.74, 6) is -0.533. The molecule has 1 aromatic rings. The lowest BCUT2D eigenvalue weighted by Crippen LogP contribution is -2.49. The molecule has 0 aliphatic rings. The Balaban J connectivity index is 2.90. The maximum absolute atomic E-state index is 13.1. The van der Waals surface area contributed by atoms with Crippen molar-refractivity contribution in [1.29, 1.82) is 0 Å². The van der Waals surface area contributed by atoms with Crippen molar-refractivity contribution >= 4 is 45.0 Å². The van der Waals surface area contributed by atoms with E-state index in [1.54, 1.807) is 6.92 Å². The molecule has 1 aromatic carbocycles. The van der Waals surface area contributed by atoms with E-state index in [0.29, 0.717) is 4.47 Å². The van der Waals surface area contributed by atoms with Crippen LogP contribution in [-0.4, -0.2) is 23.2 Å². The van der Waals surface area contributed by atoms with Crippen LogP contribution in [0.15, 0.2) is 22.7 Å². The minimum atomic E-state index is -0.709. The Kier molecular flexibility index (Phi) is 5.22. The van der Waals surface area contributed by atoms with Gasteiger partial charge >= 0.3 is 0 Å². The van der Waals surface area contributed by atoms with Crippen LogP contribution in [0.4, 0.5) is 4.39 Å². The molecular weight excluding hydrogens is 332 g/mol. The summed E-state index contributed by atoms with van der Waals surface area (Å²) < 4.78 is 13.6. The maximum Gasteiger partial charge on any atom is 0.251 e. The number of carbonyl (C=O) groups is 1. The van der Waals surface area contributed by atoms with Gasteiger partial charge in [0.05, 0.1) is 5.54 Å². The fourth-order valence-electron chi connectivity index (χ4n) is 1.13. The van der Waals surface area contributed by atoms with Crippen molar-refractivity contribution in [2.24, 2.45) is 0 Å². The van der Waals surface area contributed by atoms with Gasteiger partial charge in [0.1, 0.15) is 5.82 Å². The highest BCUT2D eigenvalue weighted by atomic mass is 79.9. The molecule has 6 heteroatoms. The van der Waals surface area contributed by atoms with Crippen LogP contribution in [0.2, 0.25) is 0 Å². The first-order valence-corrected chi connectivity index (χ1v) is 6.67. The first-order chi connectivity index (χ1) is 7.90. The molecule has 1 N–H and O–H groups in total. The highest BCUT2D eigenvalue weighted by Gasteiger charge is 2.25. The van der Waals surface area contributed by atoms with E-state index in [2.05, 4.69) is 21.2 Å². The van der Waals surface area contributed by atoms with Crippen molar-refractivity contribution in [2.45, 2.75) is 12.5 Å². The van der Waals surface area contributed by atoms with Crippen molar-refractivity contribution in [2.75, 3.05) is 11.8 Å². The maximum atomic E-state index is 13.1. The summed E-state index contributed by atoms with van der Waals surface area (Å²) in [7, 11) is 0. The van der Waals surface area contributed by atoms with E-state index in [1.807, 2.05) is 0 Å². The Morgan fingerprint density at radius 1 is 1.41 bits per heavy atom. The van der Waals surface area contributed by atoms with Gasteiger partial charge in [-0.2, -0.15) is 0 Å². The molecule has 0 saturated carbocycles. The average molecular weight is 343 g/mol. The Labute approximate surface area is 118 Å². The lowest BCUT2D eigenvalue weighted by atomic mass is 10.1. The number of hydrogen-bond acceptors (Lipinski definition) is 1. The summed E-state index contributed by atoms with van der Waals surface area (Å²) >= 11 is 14.6. The van der Waals surface area contributed by atoms with Crippen molar-refractivity contribution in [3.8, 4) is 0 Å². The topological polar surface area (TPSA) is 29.1 Å². The molecule has 0 heterocycles. The van der Waals surface area contributed by atoms with Gasteiger partial charge in [0.25, 0.3) is 5.91 Å². The van der Waals surface area contributed by atoms with E-state index in [1.165, 1.54) is 12.1 Å². The second kappa shape index (κ2) is 6.03. The second-order valence-electron chi connectivity index (χ2n) is 3.94. The lowest BCUT2D eigenvalue weighted by Gasteiger charge is -2.25. The Hall–Kier alpha value is -0.320. The number of halogens is 4. The number of nitrogens with one attached hydrogen (secondary N) is 1. The molecule has 17 heavy (non-hydrogen) atoms. The van der Waals surface area contributed by atoms with E-state index >= 15 is 0 Å². The van der Waals surface area contributed by atoms with Crippen LogP contribution in [0.25, 0.3) is 0 Å². The number of amides is 1. The van der Waals surface area contributed by atoms with Crippen LogP contribution in [0.5, 0.6) is 0 Å². The molecule has 0 spiro atoms. The number of hydrogen-bond donors (Lipinski definition) is 1. The first-order valence-electron chi connectivity index (χ1n) is 4.81. The number of carbonyl (C=O) groups excluding carboxylic acids is 1. The zero-order chi connectivity index (χ0) is 13.1. The average Bonchev–Trinajstić information content (AvgIpc) is 2.27. The SMILES string of the molecule is CC(CCl)(CCl)NC(=O)c1cc(F)cc(Br)c1. The van der Waals surface area contributed by atoms with E-state index in [4.69, 9.17) is 23.2 Å². The van der Waals surface area contributed by atoms with Gasteiger partial charge in [-0.25, -0.2) is 4.39 Å². The molecule has 0 bridgehead atoms. The van der Waals surface area contributed by atoms with Crippen LogP contribution in [0, 0.1) is 5.82 Å². The van der Waals surface area contributed by atoms with Crippen molar-refractivity contribution < 1.29 is 9.18 Å². The van der Waals surface area contributed by atoms with Crippen LogP contribution in [-0.2, 0) is 0 Å². The molecule has 0 aromatic heterocycles. The minimum Gasteiger partial charge on any atom is -0.344 e. The van der Waals surface area contributed by atoms with Gasteiger partial charge in [-0.1, -0.05) is 15.9 Å². The molecule has 94 valence electrons. The summed E-state index contributed by atoms with van der Waals surface area (Å²) in [6, 6.07) is 3.96. The van der Waals surface area contributed by atoms with E-state index in [0.717, 1.165) is 6.07 Å². The predicted octanol–water partition coefficient (Wildman–Crippen LogP) is 3.55. The third kappa shape index (κ3) is 4.12. The summed E-state index contributed by atoms with van der Waals surface area (Å²) in [4.78, 5) is 11.9. The number of rotatable bonds is 4. The standard InChI is InChI=1S/C11H11BrCl2FNO/c1-11(5-13,6-14)16-10(17)7-2-8(12)4-9(15)3-7/h2-4H,5-6H2,1H3,(H,16,17). The van der Waals surface area contributed by atoms with Gasteiger partial charge in [0, 0.05) is 21.8 Å². The Bertz CT molecular complexity index is 404. The lowest BCUT2D eigenvalue weighted by molar-refractivity contribution is 0.0921. The molecule has 0 atom stereocenters. The molecule has 0 aliphatic heterocycles. The quantitative estimate of drug-likeness (QED) is 0.833. The van der Waals surface area contributed by atoms with Crippen molar-refractivity contribution in [1.82, 2.24) is 5.32 Å². The summed E-state index contributed by atoms with van der Waals surface area (Å²) in [5, 5.41) is 2.67. The summed E-state index contributed by atoms with van der Waals surface area (Å²) in [5.41, 5.74) is -0.489.